The Morgan fingerprint density at radius 2 is 1.74 bits per heavy atom. The molecule has 0 bridgehead atoms. The number of halogens is 1. The monoisotopic (exact) mass is 999 g/mol. The van der Waals surface area contributed by atoms with Gasteiger partial charge < -0.3 is 24.8 Å². The van der Waals surface area contributed by atoms with Crippen molar-refractivity contribution >= 4 is 80.4 Å². The highest BCUT2D eigenvalue weighted by atomic mass is 35.5. The first-order valence-electron chi connectivity index (χ1n) is 23.4. The lowest BCUT2D eigenvalue weighted by Gasteiger charge is -2.40. The number of ether oxygens (including phenoxy) is 1. The molecule has 3 aromatic carbocycles. The van der Waals surface area contributed by atoms with Crippen LogP contribution in [-0.4, -0.2) is 135 Å². The van der Waals surface area contributed by atoms with Crippen molar-refractivity contribution in [3.8, 4) is 5.88 Å². The van der Waals surface area contributed by atoms with Gasteiger partial charge in [-0.1, -0.05) is 43.2 Å². The average molecular weight is 1000 g/mol. The fourth-order valence-corrected chi connectivity index (χ4v) is 12.7. The molecule has 2 saturated heterocycles. The summed E-state index contributed by atoms with van der Waals surface area (Å²) in [6, 6.07) is 21.1. The number of anilines is 4. The van der Waals surface area contributed by atoms with Gasteiger partial charge in [0.1, 0.15) is 23.7 Å². The molecule has 2 fully saturated rings. The molecular weight excluding hydrogens is 939 g/mol. The van der Waals surface area contributed by atoms with Crippen LogP contribution in [0.25, 0.3) is 16.6 Å². The van der Waals surface area contributed by atoms with Crippen molar-refractivity contribution in [2.45, 2.75) is 44.4 Å². The normalized spacial score (nSPS) is 21.7. The molecule has 1 aliphatic carbocycles. The number of nitro benzene ring substituents is 1. The number of aromatic amines is 1. The van der Waals surface area contributed by atoms with E-state index < -0.39 is 39.2 Å². The predicted molar refractivity (Wildman–Crippen MR) is 274 cm³/mol. The van der Waals surface area contributed by atoms with Crippen LogP contribution in [0.3, 0.4) is 0 Å². The Hall–Kier alpha value is -5.33. The van der Waals surface area contributed by atoms with Crippen LogP contribution in [0.5, 0.6) is 5.88 Å². The second-order valence-electron chi connectivity index (χ2n) is 19.6. The number of nitrogens with one attached hydrogen (secondary N) is 3. The van der Waals surface area contributed by atoms with E-state index in [2.05, 4.69) is 50.8 Å². The van der Waals surface area contributed by atoms with Gasteiger partial charge in [0.2, 0.25) is 5.88 Å². The van der Waals surface area contributed by atoms with E-state index in [9.17, 15) is 28.2 Å². The van der Waals surface area contributed by atoms with Crippen LogP contribution in [0.4, 0.5) is 28.4 Å². The van der Waals surface area contributed by atoms with Crippen LogP contribution in [0.15, 0.2) is 89.5 Å². The summed E-state index contributed by atoms with van der Waals surface area (Å²) in [4.78, 5) is 51.3. The number of allylic oxidation sites excluding steroid dienone is 1. The van der Waals surface area contributed by atoms with E-state index in [0.717, 1.165) is 74.1 Å². The van der Waals surface area contributed by atoms with E-state index in [1.165, 1.54) is 28.8 Å². The van der Waals surface area contributed by atoms with Crippen LogP contribution in [0.1, 0.15) is 55.5 Å². The number of amides is 1. The van der Waals surface area contributed by atoms with Gasteiger partial charge in [-0.3, -0.25) is 19.8 Å². The van der Waals surface area contributed by atoms with Crippen molar-refractivity contribution in [1.82, 2.24) is 28.9 Å². The summed E-state index contributed by atoms with van der Waals surface area (Å²) in [5.41, 5.74) is 6.77. The van der Waals surface area contributed by atoms with E-state index in [1.807, 2.05) is 71.4 Å². The van der Waals surface area contributed by atoms with E-state index in [4.69, 9.17) is 21.3 Å². The highest BCUT2D eigenvalue weighted by molar-refractivity contribution is 7.90. The van der Waals surface area contributed by atoms with Gasteiger partial charge >= 0.3 is 0 Å². The standard InChI is InChI=1S/C49H60ClN10O7PS/c1-49(2)17-15-36(41(28-49)34-7-9-37(50)10-8-34)32-57-20-22-58(23-21-57)38-11-13-40(43(26-38)59-19-6-24-67-48-45(59)25-35-16-18-51-46(35)53-48)47(61)54-69(65,66)39-12-14-42(44(27-39)60(62)63)52-29-33-30-55(3)68(5,64)56(4)31-33/h7-14,16,18,25-27,33,52,64H,6,15,17,19-24,28-32H2,1-5H3,(H-,51,53,54,61)/p+1. The maximum Gasteiger partial charge on any atom is 0.293 e. The van der Waals surface area contributed by atoms with Crippen molar-refractivity contribution < 1.29 is 27.8 Å². The fourth-order valence-electron chi connectivity index (χ4n) is 10.0. The van der Waals surface area contributed by atoms with Gasteiger partial charge in [-0.2, -0.15) is 4.98 Å². The van der Waals surface area contributed by atoms with Crippen LogP contribution in [-0.2, 0) is 10.0 Å². The molecule has 5 aromatic rings. The van der Waals surface area contributed by atoms with E-state index >= 15 is 0 Å². The number of rotatable bonds is 12. The number of hydrogen-bond acceptors (Lipinski definition) is 14. The SMILES string of the molecule is CN1CC(CNc2ccc(S(=O)(=O)NC(=O)c3ccc(N4CCN(CC5=C(c6ccc(Cl)cc6)CC(C)(C)CC5)CC4)cc3N3CCCOc4nc5[nH]ccc5cc43)cc2[N+](=O)[O-])CN(C)[P+]1(C)O. The van der Waals surface area contributed by atoms with Crippen LogP contribution >= 0.6 is 19.4 Å². The summed E-state index contributed by atoms with van der Waals surface area (Å²) in [5.74, 6) is -0.471. The molecule has 3 aliphatic heterocycles. The van der Waals surface area contributed by atoms with Gasteiger partial charge in [-0.25, -0.2) is 18.0 Å². The zero-order chi connectivity index (χ0) is 48.8. The van der Waals surface area contributed by atoms with Crippen molar-refractivity contribution in [1.29, 1.82) is 0 Å². The number of nitrogens with zero attached hydrogens (tertiary/aromatic N) is 7. The number of carbonyl (C=O) groups excluding carboxylic acids is 1. The highest BCUT2D eigenvalue weighted by Gasteiger charge is 2.46. The van der Waals surface area contributed by atoms with Gasteiger partial charge in [-0.15, -0.1) is 9.34 Å². The first kappa shape index (κ1) is 48.7. The number of nitro groups is 1. The third kappa shape index (κ3) is 10.4. The lowest BCUT2D eigenvalue weighted by atomic mass is 9.72. The molecule has 69 heavy (non-hydrogen) atoms. The van der Waals surface area contributed by atoms with E-state index in [-0.39, 0.29) is 22.6 Å². The molecule has 366 valence electrons. The van der Waals surface area contributed by atoms with Crippen molar-refractivity contribution in [2.24, 2.45) is 11.3 Å². The van der Waals surface area contributed by atoms with Gasteiger partial charge in [0, 0.05) is 107 Å². The average Bonchev–Trinajstić information content (AvgIpc) is 3.68. The summed E-state index contributed by atoms with van der Waals surface area (Å²) in [6.45, 7) is 12.9. The van der Waals surface area contributed by atoms with Gasteiger partial charge in [-0.05, 0) is 96.8 Å². The largest absolute Gasteiger partial charge is 0.476 e. The first-order valence-corrected chi connectivity index (χ1v) is 27.4. The zero-order valence-corrected chi connectivity index (χ0v) is 42.2. The maximum atomic E-state index is 14.5. The van der Waals surface area contributed by atoms with Crippen molar-refractivity contribution in [3.05, 3.63) is 111 Å². The van der Waals surface area contributed by atoms with Crippen LogP contribution < -0.4 is 24.6 Å². The molecule has 0 atom stereocenters. The fraction of sp³-hybridized carbons (Fsp3) is 0.429. The van der Waals surface area contributed by atoms with Crippen molar-refractivity contribution in [3.63, 3.8) is 0 Å². The number of aromatic nitrogens is 2. The Balaban J connectivity index is 0.973. The Bertz CT molecular complexity index is 2890. The molecule has 0 unspecified atom stereocenters. The number of sulfonamides is 1. The molecule has 4 N–H and O–H groups in total. The molecule has 2 aromatic heterocycles. The minimum absolute atomic E-state index is 0.0345. The minimum atomic E-state index is -4.61. The molecule has 9 rings (SSSR count). The highest BCUT2D eigenvalue weighted by Crippen LogP contribution is 2.58. The van der Waals surface area contributed by atoms with Gasteiger partial charge in [0.25, 0.3) is 29.4 Å². The number of H-pyrrole nitrogens is 1. The molecule has 17 nitrogen and oxygen atoms in total. The van der Waals surface area contributed by atoms with E-state index in [0.29, 0.717) is 62.1 Å². The zero-order valence-electron chi connectivity index (χ0n) is 39.7. The quantitative estimate of drug-likeness (QED) is 0.0531. The number of benzene rings is 3. The first-order chi connectivity index (χ1) is 32.8. The second kappa shape index (κ2) is 19.5. The summed E-state index contributed by atoms with van der Waals surface area (Å²) in [5, 5.41) is 17.1. The number of pyridine rings is 1. The number of piperazine rings is 1. The third-order valence-electron chi connectivity index (χ3n) is 14.2. The molecule has 4 aliphatic rings. The van der Waals surface area contributed by atoms with Gasteiger partial charge in [0.15, 0.2) is 0 Å². The van der Waals surface area contributed by atoms with Crippen LogP contribution in [0, 0.1) is 21.4 Å². The molecule has 0 saturated carbocycles. The Kier molecular flexibility index (Phi) is 13.7. The lowest BCUT2D eigenvalue weighted by Crippen LogP contribution is -2.47. The summed E-state index contributed by atoms with van der Waals surface area (Å²) in [6.07, 6.45) is 5.58. The number of hydrogen-bond donors (Lipinski definition) is 4. The maximum absolute atomic E-state index is 14.5. The summed E-state index contributed by atoms with van der Waals surface area (Å²) in [7, 11) is -3.31. The number of carbonyl (C=O) groups is 1. The number of fused-ring (bicyclic) bond motifs is 2. The van der Waals surface area contributed by atoms with Crippen LogP contribution in [0.2, 0.25) is 5.02 Å². The molecule has 0 spiro atoms. The predicted octanol–water partition coefficient (Wildman–Crippen LogP) is 8.24. The van der Waals surface area contributed by atoms with Gasteiger partial charge in [0.05, 0.1) is 27.7 Å². The Labute approximate surface area is 409 Å². The third-order valence-corrected chi connectivity index (χ3v) is 18.7. The molecule has 20 heteroatoms. The molecular formula is C49H61ClN10O7PS+. The van der Waals surface area contributed by atoms with Crippen molar-refractivity contribution in [2.75, 3.05) is 101 Å². The molecule has 5 heterocycles. The smallest absolute Gasteiger partial charge is 0.293 e. The summed E-state index contributed by atoms with van der Waals surface area (Å²) >= 11 is 6.28. The molecule has 0 radical (unpaired) electrons. The Morgan fingerprint density at radius 3 is 2.46 bits per heavy atom. The van der Waals surface area contributed by atoms with E-state index in [1.54, 1.807) is 12.3 Å². The minimum Gasteiger partial charge on any atom is -0.476 e. The Morgan fingerprint density at radius 1 is 1.00 bits per heavy atom. The molecule has 1 amide bonds. The summed E-state index contributed by atoms with van der Waals surface area (Å²) < 4.78 is 40.3. The second-order valence-corrected chi connectivity index (χ2v) is 24.9. The lowest BCUT2D eigenvalue weighted by molar-refractivity contribution is -0.384. The topological polar surface area (TPSA) is 193 Å².